The van der Waals surface area contributed by atoms with E-state index in [0.717, 1.165) is 26.1 Å². The van der Waals surface area contributed by atoms with Crippen LogP contribution in [0, 0.1) is 0 Å². The lowest BCUT2D eigenvalue weighted by atomic mass is 10.1. The largest absolute Gasteiger partial charge is 0.319 e. The van der Waals surface area contributed by atoms with Crippen LogP contribution in [0.5, 0.6) is 0 Å². The summed E-state index contributed by atoms with van der Waals surface area (Å²) in [7, 11) is 2.00. The summed E-state index contributed by atoms with van der Waals surface area (Å²) in [6.45, 7) is 6.68. The number of hydrogen-bond donors (Lipinski definition) is 1. The standard InChI is InChI=1S/C16H24N2/c1-14-4-3-11-18(12-14)13-16-7-5-15(6-8-16)9-10-17-2/h4-8,17H,3,9-13H2,1-2H3. The van der Waals surface area contributed by atoms with Gasteiger partial charge in [-0.25, -0.2) is 0 Å². The number of benzene rings is 1. The smallest absolute Gasteiger partial charge is 0.0237 e. The maximum Gasteiger partial charge on any atom is 0.0237 e. The van der Waals surface area contributed by atoms with Crippen LogP contribution in [0.3, 0.4) is 0 Å². The average Bonchev–Trinajstić information content (AvgIpc) is 2.38. The highest BCUT2D eigenvalue weighted by atomic mass is 15.1. The Hall–Kier alpha value is -1.12. The Morgan fingerprint density at radius 1 is 1.17 bits per heavy atom. The molecule has 18 heavy (non-hydrogen) atoms. The quantitative estimate of drug-likeness (QED) is 0.801. The fourth-order valence-electron chi connectivity index (χ4n) is 2.46. The molecule has 0 saturated carbocycles. The van der Waals surface area contributed by atoms with Crippen molar-refractivity contribution in [1.29, 1.82) is 0 Å². The van der Waals surface area contributed by atoms with E-state index in [2.05, 4.69) is 47.5 Å². The first-order valence-electron chi connectivity index (χ1n) is 6.88. The minimum atomic E-state index is 1.05. The third-order valence-electron chi connectivity index (χ3n) is 3.50. The third kappa shape index (κ3) is 3.97. The predicted molar refractivity (Wildman–Crippen MR) is 77.7 cm³/mol. The van der Waals surface area contributed by atoms with Crippen molar-refractivity contribution < 1.29 is 0 Å². The maximum absolute atomic E-state index is 3.19. The summed E-state index contributed by atoms with van der Waals surface area (Å²) in [6, 6.07) is 9.08. The summed E-state index contributed by atoms with van der Waals surface area (Å²) >= 11 is 0. The molecule has 1 aliphatic rings. The molecule has 0 bridgehead atoms. The van der Waals surface area contributed by atoms with Crippen LogP contribution in [0.1, 0.15) is 24.5 Å². The Kier molecular flexibility index (Phi) is 4.97. The first kappa shape index (κ1) is 13.3. The minimum absolute atomic E-state index is 1.05. The minimum Gasteiger partial charge on any atom is -0.319 e. The molecule has 0 saturated heterocycles. The second-order valence-corrected chi connectivity index (χ2v) is 5.22. The molecule has 1 aromatic rings. The van der Waals surface area contributed by atoms with Crippen molar-refractivity contribution >= 4 is 0 Å². The Morgan fingerprint density at radius 2 is 1.89 bits per heavy atom. The van der Waals surface area contributed by atoms with Gasteiger partial charge < -0.3 is 5.32 Å². The van der Waals surface area contributed by atoms with Crippen LogP contribution in [-0.4, -0.2) is 31.6 Å². The van der Waals surface area contributed by atoms with E-state index in [1.54, 1.807) is 0 Å². The van der Waals surface area contributed by atoms with E-state index in [4.69, 9.17) is 0 Å². The monoisotopic (exact) mass is 244 g/mol. The highest BCUT2D eigenvalue weighted by Crippen LogP contribution is 2.13. The van der Waals surface area contributed by atoms with Crippen molar-refractivity contribution in [3.05, 3.63) is 47.0 Å². The molecule has 0 amide bonds. The molecule has 0 aromatic heterocycles. The molecule has 0 fully saturated rings. The molecule has 0 aliphatic carbocycles. The summed E-state index contributed by atoms with van der Waals surface area (Å²) in [5, 5.41) is 3.19. The average molecular weight is 244 g/mol. The van der Waals surface area contributed by atoms with E-state index in [9.17, 15) is 0 Å². The van der Waals surface area contributed by atoms with Crippen molar-refractivity contribution in [2.24, 2.45) is 0 Å². The van der Waals surface area contributed by atoms with Gasteiger partial charge in [-0.3, -0.25) is 4.90 Å². The van der Waals surface area contributed by atoms with E-state index >= 15 is 0 Å². The Labute approximate surface area is 111 Å². The van der Waals surface area contributed by atoms with E-state index in [1.165, 1.54) is 29.7 Å². The fraction of sp³-hybridized carbons (Fsp3) is 0.500. The highest BCUT2D eigenvalue weighted by molar-refractivity contribution is 5.23. The van der Waals surface area contributed by atoms with Crippen LogP contribution < -0.4 is 5.32 Å². The van der Waals surface area contributed by atoms with Gasteiger partial charge >= 0.3 is 0 Å². The molecule has 2 nitrogen and oxygen atoms in total. The molecule has 1 aliphatic heterocycles. The van der Waals surface area contributed by atoms with Crippen LogP contribution in [-0.2, 0) is 13.0 Å². The zero-order chi connectivity index (χ0) is 12.8. The van der Waals surface area contributed by atoms with Gasteiger partial charge in [0.1, 0.15) is 0 Å². The lowest BCUT2D eigenvalue weighted by molar-refractivity contribution is 0.282. The van der Waals surface area contributed by atoms with Crippen LogP contribution in [0.2, 0.25) is 0 Å². The SMILES string of the molecule is CNCCc1ccc(CN2CCC=C(C)C2)cc1. The number of hydrogen-bond acceptors (Lipinski definition) is 2. The van der Waals surface area contributed by atoms with Crippen LogP contribution in [0.4, 0.5) is 0 Å². The number of nitrogens with zero attached hydrogens (tertiary/aromatic N) is 1. The van der Waals surface area contributed by atoms with Crippen molar-refractivity contribution in [3.8, 4) is 0 Å². The van der Waals surface area contributed by atoms with Gasteiger partial charge in [0.25, 0.3) is 0 Å². The molecule has 0 radical (unpaired) electrons. The molecule has 0 spiro atoms. The van der Waals surface area contributed by atoms with Gasteiger partial charge in [-0.2, -0.15) is 0 Å². The highest BCUT2D eigenvalue weighted by Gasteiger charge is 2.09. The Morgan fingerprint density at radius 3 is 2.56 bits per heavy atom. The zero-order valence-electron chi connectivity index (χ0n) is 11.6. The van der Waals surface area contributed by atoms with E-state index < -0.39 is 0 Å². The molecular weight excluding hydrogens is 220 g/mol. The summed E-state index contributed by atoms with van der Waals surface area (Å²) in [5.41, 5.74) is 4.35. The molecule has 2 rings (SSSR count). The van der Waals surface area contributed by atoms with Crippen molar-refractivity contribution in [2.45, 2.75) is 26.3 Å². The molecule has 1 aromatic carbocycles. The molecule has 0 unspecified atom stereocenters. The molecule has 0 atom stereocenters. The van der Waals surface area contributed by atoms with Gasteiger partial charge in [-0.1, -0.05) is 35.9 Å². The number of nitrogens with one attached hydrogen (secondary N) is 1. The number of rotatable bonds is 5. The Bertz CT molecular complexity index is 392. The molecular formula is C16H24N2. The Balaban J connectivity index is 1.88. The predicted octanol–water partition coefficient (Wildman–Crippen LogP) is 2.60. The van der Waals surface area contributed by atoms with Gasteiger partial charge in [0.2, 0.25) is 0 Å². The number of likely N-dealkylation sites (N-methyl/N-ethyl adjacent to an activating group) is 1. The summed E-state index contributed by atoms with van der Waals surface area (Å²) in [6.07, 6.45) is 4.67. The van der Waals surface area contributed by atoms with E-state index in [1.807, 2.05) is 7.05 Å². The summed E-state index contributed by atoms with van der Waals surface area (Å²) in [4.78, 5) is 2.53. The lowest BCUT2D eigenvalue weighted by Crippen LogP contribution is -2.28. The van der Waals surface area contributed by atoms with Gasteiger partial charge in [-0.05, 0) is 44.5 Å². The molecule has 1 heterocycles. The van der Waals surface area contributed by atoms with Crippen molar-refractivity contribution in [2.75, 3.05) is 26.7 Å². The topological polar surface area (TPSA) is 15.3 Å². The van der Waals surface area contributed by atoms with Crippen molar-refractivity contribution in [1.82, 2.24) is 10.2 Å². The summed E-state index contributed by atoms with van der Waals surface area (Å²) in [5.74, 6) is 0. The maximum atomic E-state index is 3.19. The summed E-state index contributed by atoms with van der Waals surface area (Å²) < 4.78 is 0. The lowest BCUT2D eigenvalue weighted by Gasteiger charge is -2.26. The van der Waals surface area contributed by atoms with Gasteiger partial charge in [0.05, 0.1) is 0 Å². The third-order valence-corrected chi connectivity index (χ3v) is 3.50. The fourth-order valence-corrected chi connectivity index (χ4v) is 2.46. The molecule has 1 N–H and O–H groups in total. The molecule has 2 heteroatoms. The van der Waals surface area contributed by atoms with Crippen LogP contribution in [0.25, 0.3) is 0 Å². The second-order valence-electron chi connectivity index (χ2n) is 5.22. The van der Waals surface area contributed by atoms with E-state index in [0.29, 0.717) is 0 Å². The normalized spacial score (nSPS) is 16.7. The zero-order valence-corrected chi connectivity index (χ0v) is 11.6. The van der Waals surface area contributed by atoms with E-state index in [-0.39, 0.29) is 0 Å². The van der Waals surface area contributed by atoms with Gasteiger partial charge in [0.15, 0.2) is 0 Å². The molecule has 98 valence electrons. The van der Waals surface area contributed by atoms with Crippen molar-refractivity contribution in [3.63, 3.8) is 0 Å². The van der Waals surface area contributed by atoms with Gasteiger partial charge in [-0.15, -0.1) is 0 Å². The van der Waals surface area contributed by atoms with Crippen LogP contribution in [0.15, 0.2) is 35.9 Å². The van der Waals surface area contributed by atoms with Gasteiger partial charge in [0, 0.05) is 19.6 Å². The first-order chi connectivity index (χ1) is 8.78. The van der Waals surface area contributed by atoms with Crippen LogP contribution >= 0.6 is 0 Å². The first-order valence-corrected chi connectivity index (χ1v) is 6.88. The second kappa shape index (κ2) is 6.72.